The number of nitrogens with zero attached hydrogens (tertiary/aromatic N) is 1. The minimum absolute atomic E-state index is 0.0555. The number of aromatic nitrogens is 1. The molecule has 4 heteroatoms. The Labute approximate surface area is 108 Å². The van der Waals surface area contributed by atoms with Crippen LogP contribution in [0.4, 0.5) is 0 Å². The van der Waals surface area contributed by atoms with Gasteiger partial charge in [-0.1, -0.05) is 6.07 Å². The summed E-state index contributed by atoms with van der Waals surface area (Å²) in [5.41, 5.74) is 1.07. The molecular formula is C14H20N2O2. The van der Waals surface area contributed by atoms with Crippen molar-refractivity contribution >= 4 is 5.91 Å². The zero-order valence-electron chi connectivity index (χ0n) is 11.0. The zero-order chi connectivity index (χ0) is 13.0. The lowest BCUT2D eigenvalue weighted by Crippen LogP contribution is -2.38. The van der Waals surface area contributed by atoms with Crippen LogP contribution in [0.5, 0.6) is 5.88 Å². The van der Waals surface area contributed by atoms with Crippen molar-refractivity contribution in [2.45, 2.75) is 51.7 Å². The summed E-state index contributed by atoms with van der Waals surface area (Å²) in [4.78, 5) is 15.2. The smallest absolute Gasteiger partial charge is 0.217 e. The number of carbonyl (C=O) groups is 1. The quantitative estimate of drug-likeness (QED) is 0.892. The number of carbonyl (C=O) groups excluding carboxylic acids is 1. The highest BCUT2D eigenvalue weighted by Gasteiger charge is 2.23. The highest BCUT2D eigenvalue weighted by Crippen LogP contribution is 2.24. The van der Waals surface area contributed by atoms with Crippen LogP contribution in [0.1, 0.15) is 38.2 Å². The van der Waals surface area contributed by atoms with Crippen LogP contribution in [0.15, 0.2) is 18.3 Å². The van der Waals surface area contributed by atoms with Crippen molar-refractivity contribution in [3.63, 3.8) is 0 Å². The molecule has 0 bridgehead atoms. The molecule has 1 aliphatic carbocycles. The van der Waals surface area contributed by atoms with Crippen molar-refractivity contribution in [2.24, 2.45) is 0 Å². The van der Waals surface area contributed by atoms with E-state index in [9.17, 15) is 4.79 Å². The second kappa shape index (κ2) is 5.85. The van der Waals surface area contributed by atoms with E-state index >= 15 is 0 Å². The fourth-order valence-electron chi connectivity index (χ4n) is 2.36. The summed E-state index contributed by atoms with van der Waals surface area (Å²) in [5, 5.41) is 2.97. The molecule has 0 unspecified atom stereocenters. The van der Waals surface area contributed by atoms with Gasteiger partial charge >= 0.3 is 0 Å². The maximum absolute atomic E-state index is 11.0. The predicted octanol–water partition coefficient (Wildman–Crippen LogP) is 2.22. The Morgan fingerprint density at radius 3 is 2.72 bits per heavy atom. The minimum atomic E-state index is 0.0555. The van der Waals surface area contributed by atoms with Gasteiger partial charge in [-0.3, -0.25) is 4.79 Å². The first kappa shape index (κ1) is 12.9. The van der Waals surface area contributed by atoms with Gasteiger partial charge < -0.3 is 10.1 Å². The van der Waals surface area contributed by atoms with Crippen LogP contribution in [0.2, 0.25) is 0 Å². The average molecular weight is 248 g/mol. The second-order valence-corrected chi connectivity index (χ2v) is 4.92. The summed E-state index contributed by atoms with van der Waals surface area (Å²) < 4.78 is 5.92. The molecule has 1 aromatic heterocycles. The molecule has 1 amide bonds. The lowest BCUT2D eigenvalue weighted by molar-refractivity contribution is -0.120. The van der Waals surface area contributed by atoms with Gasteiger partial charge in [0.15, 0.2) is 0 Å². The molecule has 0 radical (unpaired) electrons. The molecule has 1 fully saturated rings. The van der Waals surface area contributed by atoms with Crippen LogP contribution in [0, 0.1) is 6.92 Å². The van der Waals surface area contributed by atoms with Crippen LogP contribution >= 0.6 is 0 Å². The fourth-order valence-corrected chi connectivity index (χ4v) is 2.36. The number of hydrogen-bond donors (Lipinski definition) is 1. The highest BCUT2D eigenvalue weighted by molar-refractivity contribution is 5.73. The Morgan fingerprint density at radius 2 is 2.11 bits per heavy atom. The Morgan fingerprint density at radius 1 is 1.39 bits per heavy atom. The molecule has 1 aromatic rings. The third-order valence-electron chi connectivity index (χ3n) is 3.32. The highest BCUT2D eigenvalue weighted by atomic mass is 16.5. The molecular weight excluding hydrogens is 228 g/mol. The number of aryl methyl sites for hydroxylation is 1. The normalized spacial score (nSPS) is 23.4. The number of amides is 1. The van der Waals surface area contributed by atoms with Gasteiger partial charge in [0.1, 0.15) is 6.10 Å². The molecule has 1 aliphatic rings. The van der Waals surface area contributed by atoms with E-state index in [1.165, 1.54) is 0 Å². The number of nitrogens with one attached hydrogen (secondary N) is 1. The maximum atomic E-state index is 11.0. The molecule has 0 saturated heterocycles. The summed E-state index contributed by atoms with van der Waals surface area (Å²) in [6, 6.07) is 4.23. The third kappa shape index (κ3) is 3.45. The van der Waals surface area contributed by atoms with Crippen LogP contribution in [0.3, 0.4) is 0 Å². The maximum Gasteiger partial charge on any atom is 0.217 e. The molecule has 18 heavy (non-hydrogen) atoms. The van der Waals surface area contributed by atoms with Gasteiger partial charge in [-0.25, -0.2) is 4.98 Å². The van der Waals surface area contributed by atoms with Gasteiger partial charge in [0.25, 0.3) is 0 Å². The van der Waals surface area contributed by atoms with E-state index in [4.69, 9.17) is 4.74 Å². The summed E-state index contributed by atoms with van der Waals surface area (Å²) in [6.45, 7) is 3.57. The number of pyridine rings is 1. The van der Waals surface area contributed by atoms with E-state index in [-0.39, 0.29) is 12.0 Å². The van der Waals surface area contributed by atoms with E-state index in [1.54, 1.807) is 13.1 Å². The Bertz CT molecular complexity index is 412. The first-order valence-corrected chi connectivity index (χ1v) is 6.50. The van der Waals surface area contributed by atoms with Crippen LogP contribution in [0.25, 0.3) is 0 Å². The van der Waals surface area contributed by atoms with Crippen molar-refractivity contribution in [1.82, 2.24) is 10.3 Å². The molecule has 4 nitrogen and oxygen atoms in total. The van der Waals surface area contributed by atoms with Gasteiger partial charge in [0, 0.05) is 24.7 Å². The first-order valence-electron chi connectivity index (χ1n) is 6.50. The molecule has 2 rings (SSSR count). The second-order valence-electron chi connectivity index (χ2n) is 4.92. The minimum Gasteiger partial charge on any atom is -0.474 e. The lowest BCUT2D eigenvalue weighted by Gasteiger charge is -2.29. The summed E-state index contributed by atoms with van der Waals surface area (Å²) in [5.74, 6) is 0.792. The van der Waals surface area contributed by atoms with Crippen molar-refractivity contribution in [1.29, 1.82) is 0 Å². The number of hydrogen-bond acceptors (Lipinski definition) is 3. The first-order chi connectivity index (χ1) is 8.65. The van der Waals surface area contributed by atoms with Crippen molar-refractivity contribution in [2.75, 3.05) is 0 Å². The Balaban J connectivity index is 1.84. The molecule has 0 aliphatic heterocycles. The monoisotopic (exact) mass is 248 g/mol. The third-order valence-corrected chi connectivity index (χ3v) is 3.32. The van der Waals surface area contributed by atoms with Gasteiger partial charge in [-0.2, -0.15) is 0 Å². The van der Waals surface area contributed by atoms with Crippen LogP contribution in [-0.2, 0) is 4.79 Å². The molecule has 1 heterocycles. The molecule has 98 valence electrons. The lowest BCUT2D eigenvalue weighted by atomic mass is 9.93. The zero-order valence-corrected chi connectivity index (χ0v) is 11.0. The van der Waals surface area contributed by atoms with E-state index in [0.29, 0.717) is 6.04 Å². The molecule has 0 aromatic carbocycles. The van der Waals surface area contributed by atoms with Gasteiger partial charge in [-0.05, 0) is 38.7 Å². The summed E-state index contributed by atoms with van der Waals surface area (Å²) in [6.07, 6.45) is 5.89. The Hall–Kier alpha value is -1.58. The largest absolute Gasteiger partial charge is 0.474 e. The fraction of sp³-hybridized carbons (Fsp3) is 0.571. The van der Waals surface area contributed by atoms with Crippen molar-refractivity contribution in [3.05, 3.63) is 23.9 Å². The van der Waals surface area contributed by atoms with E-state index in [1.807, 2.05) is 19.1 Å². The van der Waals surface area contributed by atoms with Gasteiger partial charge in [-0.15, -0.1) is 0 Å². The standard InChI is InChI=1S/C14H20N2O2/c1-10-4-3-9-15-14(10)18-13-7-5-12(6-8-13)16-11(2)17/h3-4,9,12-13H,5-8H2,1-2H3,(H,16,17). The molecule has 1 saturated carbocycles. The van der Waals surface area contributed by atoms with Crippen LogP contribution in [-0.4, -0.2) is 23.0 Å². The van der Waals surface area contributed by atoms with Crippen LogP contribution < -0.4 is 10.1 Å². The van der Waals surface area contributed by atoms with E-state index < -0.39 is 0 Å². The van der Waals surface area contributed by atoms with Gasteiger partial charge in [0.2, 0.25) is 11.8 Å². The topological polar surface area (TPSA) is 51.2 Å². The van der Waals surface area contributed by atoms with E-state index in [2.05, 4.69) is 10.3 Å². The summed E-state index contributed by atoms with van der Waals surface area (Å²) >= 11 is 0. The molecule has 1 N–H and O–H groups in total. The SMILES string of the molecule is CC(=O)NC1CCC(Oc2ncccc2C)CC1. The van der Waals surface area contributed by atoms with Crippen molar-refractivity contribution in [3.8, 4) is 5.88 Å². The molecule has 0 atom stereocenters. The predicted molar refractivity (Wildman–Crippen MR) is 69.5 cm³/mol. The summed E-state index contributed by atoms with van der Waals surface area (Å²) in [7, 11) is 0. The Kier molecular flexibility index (Phi) is 4.18. The average Bonchev–Trinajstić information content (AvgIpc) is 2.34. The number of rotatable bonds is 3. The van der Waals surface area contributed by atoms with Crippen molar-refractivity contribution < 1.29 is 9.53 Å². The molecule has 0 spiro atoms. The number of ether oxygens (including phenoxy) is 1. The van der Waals surface area contributed by atoms with E-state index in [0.717, 1.165) is 37.1 Å². The van der Waals surface area contributed by atoms with Gasteiger partial charge in [0.05, 0.1) is 0 Å².